The molecule has 0 atom stereocenters. The van der Waals surface area contributed by atoms with Crippen molar-refractivity contribution >= 4 is 23.7 Å². The van der Waals surface area contributed by atoms with Gasteiger partial charge in [-0.2, -0.15) is 5.10 Å². The average Bonchev–Trinajstić information content (AvgIpc) is 2.57. The number of ether oxygens (including phenoxy) is 1. The lowest BCUT2D eigenvalue weighted by atomic mass is 10.2. The van der Waals surface area contributed by atoms with Gasteiger partial charge >= 0.3 is 11.8 Å². The van der Waals surface area contributed by atoms with E-state index in [4.69, 9.17) is 4.74 Å². The molecule has 0 bridgehead atoms. The molecule has 23 heavy (non-hydrogen) atoms. The van der Waals surface area contributed by atoms with Gasteiger partial charge in [0.2, 0.25) is 0 Å². The molecule has 6 nitrogen and oxygen atoms in total. The first-order valence-electron chi connectivity index (χ1n) is 6.62. The summed E-state index contributed by atoms with van der Waals surface area (Å²) in [6.45, 7) is 0. The van der Waals surface area contributed by atoms with E-state index >= 15 is 0 Å². The molecule has 2 rings (SSSR count). The van der Waals surface area contributed by atoms with Gasteiger partial charge in [0.05, 0.1) is 13.3 Å². The van der Waals surface area contributed by atoms with Gasteiger partial charge in [-0.15, -0.1) is 0 Å². The number of benzene rings is 2. The molecule has 2 aromatic rings. The predicted molar refractivity (Wildman–Crippen MR) is 83.8 cm³/mol. The lowest BCUT2D eigenvalue weighted by Gasteiger charge is -2.03. The standard InChI is InChI=1S/C16H14FN3O3/c1-23-14-8-2-11(3-9-14)10-18-20-16(22)15(21)19-13-6-4-12(17)5-7-13/h2-10H,1H3,(H,19,21)(H,20,22). The van der Waals surface area contributed by atoms with E-state index in [0.29, 0.717) is 11.4 Å². The Hall–Kier alpha value is -3.22. The van der Waals surface area contributed by atoms with Crippen molar-refractivity contribution in [2.45, 2.75) is 0 Å². The van der Waals surface area contributed by atoms with Crippen LogP contribution < -0.4 is 15.5 Å². The van der Waals surface area contributed by atoms with Gasteiger partial charge < -0.3 is 10.1 Å². The molecular weight excluding hydrogens is 301 g/mol. The Balaban J connectivity index is 1.86. The van der Waals surface area contributed by atoms with Crippen molar-refractivity contribution in [3.05, 3.63) is 59.9 Å². The highest BCUT2D eigenvalue weighted by molar-refractivity contribution is 6.39. The van der Waals surface area contributed by atoms with Gasteiger partial charge in [-0.25, -0.2) is 9.82 Å². The number of amides is 2. The number of anilines is 1. The molecule has 0 aromatic heterocycles. The van der Waals surface area contributed by atoms with E-state index < -0.39 is 17.6 Å². The fourth-order valence-corrected chi connectivity index (χ4v) is 1.63. The topological polar surface area (TPSA) is 79.8 Å². The van der Waals surface area contributed by atoms with Crippen molar-refractivity contribution in [3.63, 3.8) is 0 Å². The van der Waals surface area contributed by atoms with Crippen LogP contribution in [0.3, 0.4) is 0 Å². The maximum Gasteiger partial charge on any atom is 0.329 e. The fraction of sp³-hybridized carbons (Fsp3) is 0.0625. The Kier molecular flexibility index (Phi) is 5.40. The highest BCUT2D eigenvalue weighted by atomic mass is 19.1. The van der Waals surface area contributed by atoms with Gasteiger partial charge in [-0.1, -0.05) is 0 Å². The molecule has 0 aliphatic heterocycles. The molecule has 0 saturated heterocycles. The van der Waals surface area contributed by atoms with E-state index in [1.54, 1.807) is 31.4 Å². The molecular formula is C16H14FN3O3. The van der Waals surface area contributed by atoms with Crippen LogP contribution in [0.15, 0.2) is 53.6 Å². The maximum atomic E-state index is 12.7. The van der Waals surface area contributed by atoms with Crippen LogP contribution in [-0.4, -0.2) is 25.1 Å². The minimum absolute atomic E-state index is 0.311. The second-order valence-corrected chi connectivity index (χ2v) is 4.43. The summed E-state index contributed by atoms with van der Waals surface area (Å²) in [5.41, 5.74) is 3.14. The molecule has 0 aliphatic carbocycles. The van der Waals surface area contributed by atoms with Crippen molar-refractivity contribution in [1.82, 2.24) is 5.43 Å². The highest BCUT2D eigenvalue weighted by Gasteiger charge is 2.12. The van der Waals surface area contributed by atoms with Gasteiger partial charge in [-0.05, 0) is 54.1 Å². The van der Waals surface area contributed by atoms with Crippen LogP contribution in [0.4, 0.5) is 10.1 Å². The van der Waals surface area contributed by atoms with Gasteiger partial charge in [0.15, 0.2) is 0 Å². The fourth-order valence-electron chi connectivity index (χ4n) is 1.63. The second kappa shape index (κ2) is 7.69. The van der Waals surface area contributed by atoms with Crippen LogP contribution in [0.5, 0.6) is 5.75 Å². The van der Waals surface area contributed by atoms with E-state index in [9.17, 15) is 14.0 Å². The summed E-state index contributed by atoms with van der Waals surface area (Å²) in [6, 6.07) is 12.0. The third-order valence-electron chi connectivity index (χ3n) is 2.80. The van der Waals surface area contributed by atoms with Gasteiger partial charge in [0.1, 0.15) is 11.6 Å². The van der Waals surface area contributed by atoms with Gasteiger partial charge in [0.25, 0.3) is 0 Å². The minimum Gasteiger partial charge on any atom is -0.497 e. The number of rotatable bonds is 4. The molecule has 7 heteroatoms. The quantitative estimate of drug-likeness (QED) is 0.514. The zero-order chi connectivity index (χ0) is 16.7. The lowest BCUT2D eigenvalue weighted by molar-refractivity contribution is -0.136. The van der Waals surface area contributed by atoms with Crippen molar-refractivity contribution in [2.75, 3.05) is 12.4 Å². The largest absolute Gasteiger partial charge is 0.497 e. The molecule has 118 valence electrons. The van der Waals surface area contributed by atoms with Crippen LogP contribution in [0.1, 0.15) is 5.56 Å². The number of carbonyl (C=O) groups is 2. The summed E-state index contributed by atoms with van der Waals surface area (Å²) in [5.74, 6) is -1.57. The van der Waals surface area contributed by atoms with E-state index in [2.05, 4.69) is 15.8 Å². The van der Waals surface area contributed by atoms with Crippen LogP contribution in [0.2, 0.25) is 0 Å². The Morgan fingerprint density at radius 3 is 2.30 bits per heavy atom. The summed E-state index contributed by atoms with van der Waals surface area (Å²) < 4.78 is 17.8. The summed E-state index contributed by atoms with van der Waals surface area (Å²) in [6.07, 6.45) is 1.39. The Morgan fingerprint density at radius 1 is 1.04 bits per heavy atom. The third-order valence-corrected chi connectivity index (χ3v) is 2.80. The first-order valence-corrected chi connectivity index (χ1v) is 6.62. The molecule has 0 heterocycles. The maximum absolute atomic E-state index is 12.7. The Morgan fingerprint density at radius 2 is 1.70 bits per heavy atom. The molecule has 0 spiro atoms. The molecule has 0 fully saturated rings. The summed E-state index contributed by atoms with van der Waals surface area (Å²) in [5, 5.41) is 6.01. The lowest BCUT2D eigenvalue weighted by Crippen LogP contribution is -2.32. The smallest absolute Gasteiger partial charge is 0.329 e. The Labute approximate surface area is 132 Å². The van der Waals surface area contributed by atoms with E-state index in [1.807, 2.05) is 0 Å². The minimum atomic E-state index is -0.931. The van der Waals surface area contributed by atoms with Crippen molar-refractivity contribution in [1.29, 1.82) is 0 Å². The molecule has 2 amide bonds. The van der Waals surface area contributed by atoms with Crippen LogP contribution >= 0.6 is 0 Å². The highest BCUT2D eigenvalue weighted by Crippen LogP contribution is 2.10. The monoisotopic (exact) mass is 315 g/mol. The number of halogens is 1. The van der Waals surface area contributed by atoms with Crippen molar-refractivity contribution < 1.29 is 18.7 Å². The second-order valence-electron chi connectivity index (χ2n) is 4.43. The average molecular weight is 315 g/mol. The molecule has 0 radical (unpaired) electrons. The van der Waals surface area contributed by atoms with E-state index in [0.717, 1.165) is 5.56 Å². The normalized spacial score (nSPS) is 10.3. The summed E-state index contributed by atoms with van der Waals surface area (Å²) >= 11 is 0. The number of hydrazone groups is 1. The van der Waals surface area contributed by atoms with Crippen LogP contribution in [0, 0.1) is 5.82 Å². The van der Waals surface area contributed by atoms with E-state index in [1.165, 1.54) is 30.5 Å². The number of nitrogens with one attached hydrogen (secondary N) is 2. The molecule has 0 unspecified atom stereocenters. The number of methoxy groups -OCH3 is 1. The van der Waals surface area contributed by atoms with Crippen LogP contribution in [0.25, 0.3) is 0 Å². The SMILES string of the molecule is COc1ccc(C=NNC(=O)C(=O)Nc2ccc(F)cc2)cc1. The summed E-state index contributed by atoms with van der Waals surface area (Å²) in [7, 11) is 1.56. The first-order chi connectivity index (χ1) is 11.1. The molecule has 2 N–H and O–H groups in total. The zero-order valence-electron chi connectivity index (χ0n) is 12.2. The molecule has 0 saturated carbocycles. The third kappa shape index (κ3) is 4.92. The summed E-state index contributed by atoms with van der Waals surface area (Å²) in [4.78, 5) is 23.2. The first kappa shape index (κ1) is 16.2. The number of nitrogens with zero attached hydrogens (tertiary/aromatic N) is 1. The Bertz CT molecular complexity index is 712. The predicted octanol–water partition coefficient (Wildman–Crippen LogP) is 1.92. The molecule has 0 aliphatic rings. The zero-order valence-corrected chi connectivity index (χ0v) is 12.2. The number of hydrogen-bond donors (Lipinski definition) is 2. The van der Waals surface area contributed by atoms with Gasteiger partial charge in [-0.3, -0.25) is 9.59 Å². The van der Waals surface area contributed by atoms with Crippen molar-refractivity contribution in [3.8, 4) is 5.75 Å². The van der Waals surface area contributed by atoms with Crippen LogP contribution in [-0.2, 0) is 9.59 Å². The number of carbonyl (C=O) groups excluding carboxylic acids is 2. The van der Waals surface area contributed by atoms with E-state index in [-0.39, 0.29) is 0 Å². The molecule has 2 aromatic carbocycles. The number of hydrogen-bond acceptors (Lipinski definition) is 4. The van der Waals surface area contributed by atoms with Crippen molar-refractivity contribution in [2.24, 2.45) is 5.10 Å². The van der Waals surface area contributed by atoms with Gasteiger partial charge in [0, 0.05) is 5.69 Å².